The van der Waals surface area contributed by atoms with Crippen LogP contribution in [0.3, 0.4) is 0 Å². The number of aliphatic carboxylic acids is 1. The number of morpholine rings is 1. The smallest absolute Gasteiger partial charge is 0.410 e. The van der Waals surface area contributed by atoms with Gasteiger partial charge in [0.05, 0.1) is 13.2 Å². The van der Waals surface area contributed by atoms with E-state index in [1.54, 1.807) is 20.8 Å². The fraction of sp³-hybridized carbons (Fsp3) is 0.600. The van der Waals surface area contributed by atoms with Crippen LogP contribution in [0.2, 0.25) is 0 Å². The number of carboxylic acids is 1. The Hall–Kier alpha value is -2.12. The van der Waals surface area contributed by atoms with Crippen LogP contribution in [-0.4, -0.2) is 72.0 Å². The number of carbonyl (C=O) groups is 2. The van der Waals surface area contributed by atoms with Crippen LogP contribution in [0.1, 0.15) is 31.9 Å². The van der Waals surface area contributed by atoms with Crippen molar-refractivity contribution in [1.29, 1.82) is 0 Å². The molecule has 1 fully saturated rings. The summed E-state index contributed by atoms with van der Waals surface area (Å²) in [4.78, 5) is 27.6. The van der Waals surface area contributed by atoms with E-state index in [4.69, 9.17) is 9.47 Å². The first-order valence-electron chi connectivity index (χ1n) is 9.23. The Bertz CT molecular complexity index is 650. The predicted octanol–water partition coefficient (Wildman–Crippen LogP) is 2.38. The molecule has 0 radical (unpaired) electrons. The standard InChI is InChI=1S/C20H30N2O5/c1-20(2,3)27-19(25)21(4)17(18(23)24)13-15-7-5-6-8-16(15)14-22-9-11-26-12-10-22/h5-8,17H,9-14H2,1-4H3,(H,23,24). The molecule has 7 nitrogen and oxygen atoms in total. The molecule has 2 rings (SSSR count). The minimum atomic E-state index is -1.05. The molecule has 0 aliphatic carbocycles. The molecule has 150 valence electrons. The summed E-state index contributed by atoms with van der Waals surface area (Å²) in [5.41, 5.74) is 1.32. The van der Waals surface area contributed by atoms with Gasteiger partial charge in [0.1, 0.15) is 11.6 Å². The Kier molecular flexibility index (Phi) is 7.21. The van der Waals surface area contributed by atoms with Gasteiger partial charge in [0.15, 0.2) is 0 Å². The Balaban J connectivity index is 2.13. The average molecular weight is 378 g/mol. The average Bonchev–Trinajstić information content (AvgIpc) is 2.59. The maximum absolute atomic E-state index is 12.3. The Morgan fingerprint density at radius 3 is 2.37 bits per heavy atom. The third-order valence-electron chi connectivity index (χ3n) is 4.46. The van der Waals surface area contributed by atoms with Crippen molar-refractivity contribution in [2.75, 3.05) is 33.4 Å². The Morgan fingerprint density at radius 1 is 1.22 bits per heavy atom. The summed E-state index contributed by atoms with van der Waals surface area (Å²) < 4.78 is 10.7. The van der Waals surface area contributed by atoms with E-state index in [9.17, 15) is 14.7 Å². The van der Waals surface area contributed by atoms with Gasteiger partial charge in [-0.1, -0.05) is 24.3 Å². The lowest BCUT2D eigenvalue weighted by Crippen LogP contribution is -2.46. The van der Waals surface area contributed by atoms with Gasteiger partial charge in [0, 0.05) is 33.1 Å². The lowest BCUT2D eigenvalue weighted by molar-refractivity contribution is -0.142. The van der Waals surface area contributed by atoms with Gasteiger partial charge in [0.2, 0.25) is 0 Å². The molecule has 1 atom stereocenters. The molecule has 0 saturated carbocycles. The highest BCUT2D eigenvalue weighted by molar-refractivity contribution is 5.80. The van der Waals surface area contributed by atoms with Gasteiger partial charge >= 0.3 is 12.1 Å². The maximum Gasteiger partial charge on any atom is 0.410 e. The summed E-state index contributed by atoms with van der Waals surface area (Å²) in [5, 5.41) is 9.69. The summed E-state index contributed by atoms with van der Waals surface area (Å²) >= 11 is 0. The van der Waals surface area contributed by atoms with E-state index < -0.39 is 23.7 Å². The molecule has 1 aliphatic rings. The van der Waals surface area contributed by atoms with Gasteiger partial charge in [0.25, 0.3) is 0 Å². The second kappa shape index (κ2) is 9.19. The molecule has 0 spiro atoms. The van der Waals surface area contributed by atoms with Gasteiger partial charge in [-0.3, -0.25) is 9.80 Å². The predicted molar refractivity (Wildman–Crippen MR) is 102 cm³/mol. The number of amides is 1. The first-order chi connectivity index (χ1) is 12.7. The van der Waals surface area contributed by atoms with Crippen LogP contribution in [-0.2, 0) is 27.2 Å². The van der Waals surface area contributed by atoms with E-state index in [1.165, 1.54) is 11.9 Å². The molecule has 1 aromatic carbocycles. The van der Waals surface area contributed by atoms with Crippen molar-refractivity contribution in [3.05, 3.63) is 35.4 Å². The molecular weight excluding hydrogens is 348 g/mol. The highest BCUT2D eigenvalue weighted by Gasteiger charge is 2.31. The van der Waals surface area contributed by atoms with Gasteiger partial charge in [-0.05, 0) is 31.9 Å². The fourth-order valence-electron chi connectivity index (χ4n) is 2.97. The molecule has 1 aromatic rings. The van der Waals surface area contributed by atoms with E-state index in [0.29, 0.717) is 13.2 Å². The van der Waals surface area contributed by atoms with Crippen LogP contribution in [0, 0.1) is 0 Å². The number of ether oxygens (including phenoxy) is 2. The van der Waals surface area contributed by atoms with Crippen molar-refractivity contribution in [2.45, 2.75) is 45.4 Å². The second-order valence-corrected chi connectivity index (χ2v) is 7.81. The van der Waals surface area contributed by atoms with Gasteiger partial charge in [-0.15, -0.1) is 0 Å². The third kappa shape index (κ3) is 6.52. The molecule has 0 bridgehead atoms. The molecule has 1 amide bonds. The number of benzene rings is 1. The Labute approximate surface area is 160 Å². The normalized spacial score (nSPS) is 16.6. The number of hydrogen-bond donors (Lipinski definition) is 1. The van der Waals surface area contributed by atoms with Crippen molar-refractivity contribution in [3.8, 4) is 0 Å². The van der Waals surface area contributed by atoms with Crippen LogP contribution in [0.4, 0.5) is 4.79 Å². The zero-order valence-corrected chi connectivity index (χ0v) is 16.6. The van der Waals surface area contributed by atoms with Gasteiger partial charge in [-0.25, -0.2) is 9.59 Å². The zero-order chi connectivity index (χ0) is 20.0. The number of hydrogen-bond acceptors (Lipinski definition) is 5. The summed E-state index contributed by atoms with van der Waals surface area (Å²) in [6.07, 6.45) is -0.411. The number of carboxylic acid groups (broad SMARTS) is 1. The van der Waals surface area contributed by atoms with Crippen molar-refractivity contribution in [1.82, 2.24) is 9.80 Å². The second-order valence-electron chi connectivity index (χ2n) is 7.81. The lowest BCUT2D eigenvalue weighted by atomic mass is 9.99. The molecule has 1 N–H and O–H groups in total. The van der Waals surface area contributed by atoms with Crippen LogP contribution < -0.4 is 0 Å². The van der Waals surface area contributed by atoms with E-state index in [-0.39, 0.29) is 6.42 Å². The van der Waals surface area contributed by atoms with Crippen molar-refractivity contribution in [2.24, 2.45) is 0 Å². The number of carbonyl (C=O) groups excluding carboxylic acids is 1. The SMILES string of the molecule is CN(C(=O)OC(C)(C)C)C(Cc1ccccc1CN1CCOCC1)C(=O)O. The summed E-state index contributed by atoms with van der Waals surface area (Å²) in [6.45, 7) is 9.14. The van der Waals surface area contributed by atoms with Crippen molar-refractivity contribution in [3.63, 3.8) is 0 Å². The first-order valence-corrected chi connectivity index (χ1v) is 9.23. The molecule has 1 saturated heterocycles. The topological polar surface area (TPSA) is 79.3 Å². The maximum atomic E-state index is 12.3. The van der Waals surface area contributed by atoms with Gasteiger partial charge < -0.3 is 14.6 Å². The Morgan fingerprint density at radius 2 is 1.81 bits per heavy atom. The molecule has 7 heteroatoms. The van der Waals surface area contributed by atoms with E-state index in [1.807, 2.05) is 24.3 Å². The van der Waals surface area contributed by atoms with E-state index in [2.05, 4.69) is 4.90 Å². The summed E-state index contributed by atoms with van der Waals surface area (Å²) in [5.74, 6) is -1.05. The van der Waals surface area contributed by atoms with Crippen LogP contribution in [0.25, 0.3) is 0 Å². The third-order valence-corrected chi connectivity index (χ3v) is 4.46. The van der Waals surface area contributed by atoms with Crippen LogP contribution >= 0.6 is 0 Å². The highest BCUT2D eigenvalue weighted by atomic mass is 16.6. The summed E-state index contributed by atoms with van der Waals surface area (Å²) in [6, 6.07) is 6.79. The van der Waals surface area contributed by atoms with Crippen molar-refractivity contribution < 1.29 is 24.2 Å². The molecule has 27 heavy (non-hydrogen) atoms. The van der Waals surface area contributed by atoms with E-state index >= 15 is 0 Å². The van der Waals surface area contributed by atoms with Crippen molar-refractivity contribution >= 4 is 12.1 Å². The number of rotatable bonds is 6. The first kappa shape index (κ1) is 21.2. The minimum Gasteiger partial charge on any atom is -0.480 e. The highest BCUT2D eigenvalue weighted by Crippen LogP contribution is 2.18. The molecule has 1 unspecified atom stereocenters. The number of likely N-dealkylation sites (N-methyl/N-ethyl adjacent to an activating group) is 1. The fourth-order valence-corrected chi connectivity index (χ4v) is 2.97. The van der Waals surface area contributed by atoms with Crippen LogP contribution in [0.15, 0.2) is 24.3 Å². The zero-order valence-electron chi connectivity index (χ0n) is 16.6. The molecule has 1 heterocycles. The quantitative estimate of drug-likeness (QED) is 0.819. The molecule has 0 aromatic heterocycles. The van der Waals surface area contributed by atoms with Crippen LogP contribution in [0.5, 0.6) is 0 Å². The summed E-state index contributed by atoms with van der Waals surface area (Å²) in [7, 11) is 1.47. The minimum absolute atomic E-state index is 0.228. The van der Waals surface area contributed by atoms with Gasteiger partial charge in [-0.2, -0.15) is 0 Å². The molecule has 1 aliphatic heterocycles. The molecular formula is C20H30N2O5. The van der Waals surface area contributed by atoms with E-state index in [0.717, 1.165) is 30.8 Å². The lowest BCUT2D eigenvalue weighted by Gasteiger charge is -2.30. The monoisotopic (exact) mass is 378 g/mol. The largest absolute Gasteiger partial charge is 0.480 e. The number of nitrogens with zero attached hydrogens (tertiary/aromatic N) is 2.